The van der Waals surface area contributed by atoms with Crippen LogP contribution in [0.25, 0.3) is 0 Å². The van der Waals surface area contributed by atoms with Gasteiger partial charge < -0.3 is 9.47 Å². The van der Waals surface area contributed by atoms with Gasteiger partial charge in [0.1, 0.15) is 6.61 Å². The van der Waals surface area contributed by atoms with Crippen molar-refractivity contribution in [2.24, 2.45) is 0 Å². The first-order valence-electron chi connectivity index (χ1n) is 6.35. The Kier molecular flexibility index (Phi) is 2.59. The molecule has 0 radical (unpaired) electrons. The summed E-state index contributed by atoms with van der Waals surface area (Å²) in [5.41, 5.74) is 1.23. The van der Waals surface area contributed by atoms with Crippen LogP contribution in [-0.4, -0.2) is 38.3 Å². The SMILES string of the molecule is COc1cccc2c1OC[C@@H]1N(C)CC=C[C@@]21C. The number of likely N-dealkylation sites (N-methyl/N-ethyl adjacent to an activating group) is 1. The molecule has 0 saturated carbocycles. The maximum Gasteiger partial charge on any atom is 0.165 e. The molecule has 2 aliphatic heterocycles. The van der Waals surface area contributed by atoms with Gasteiger partial charge in [-0.25, -0.2) is 0 Å². The van der Waals surface area contributed by atoms with Crippen molar-refractivity contribution in [1.29, 1.82) is 0 Å². The Hall–Kier alpha value is -1.48. The van der Waals surface area contributed by atoms with Gasteiger partial charge in [-0.3, -0.25) is 4.90 Å². The molecule has 2 aliphatic rings. The quantitative estimate of drug-likeness (QED) is 0.708. The van der Waals surface area contributed by atoms with E-state index in [9.17, 15) is 0 Å². The Morgan fingerprint density at radius 3 is 3.06 bits per heavy atom. The second-order valence-corrected chi connectivity index (χ2v) is 5.29. The van der Waals surface area contributed by atoms with Crippen LogP contribution in [0, 0.1) is 0 Å². The van der Waals surface area contributed by atoms with Crippen molar-refractivity contribution in [3.8, 4) is 11.5 Å². The summed E-state index contributed by atoms with van der Waals surface area (Å²) in [5.74, 6) is 1.73. The molecule has 3 rings (SSSR count). The van der Waals surface area contributed by atoms with E-state index in [0.29, 0.717) is 12.6 Å². The molecule has 96 valence electrons. The molecule has 2 atom stereocenters. The average Bonchev–Trinajstić information content (AvgIpc) is 2.38. The predicted molar refractivity (Wildman–Crippen MR) is 71.4 cm³/mol. The van der Waals surface area contributed by atoms with Crippen molar-refractivity contribution in [2.45, 2.75) is 18.4 Å². The third-order valence-corrected chi connectivity index (χ3v) is 4.25. The monoisotopic (exact) mass is 245 g/mol. The van der Waals surface area contributed by atoms with Crippen molar-refractivity contribution < 1.29 is 9.47 Å². The fourth-order valence-corrected chi connectivity index (χ4v) is 3.14. The van der Waals surface area contributed by atoms with Crippen LogP contribution < -0.4 is 9.47 Å². The Morgan fingerprint density at radius 2 is 2.28 bits per heavy atom. The topological polar surface area (TPSA) is 21.7 Å². The van der Waals surface area contributed by atoms with Crippen molar-refractivity contribution in [2.75, 3.05) is 27.3 Å². The summed E-state index contributed by atoms with van der Waals surface area (Å²) in [6, 6.07) is 6.53. The number of hydrogen-bond acceptors (Lipinski definition) is 3. The zero-order chi connectivity index (χ0) is 12.8. The lowest BCUT2D eigenvalue weighted by molar-refractivity contribution is 0.0931. The fourth-order valence-electron chi connectivity index (χ4n) is 3.14. The molecule has 0 aromatic heterocycles. The Labute approximate surface area is 108 Å². The van der Waals surface area contributed by atoms with E-state index >= 15 is 0 Å². The second-order valence-electron chi connectivity index (χ2n) is 5.29. The first-order chi connectivity index (χ1) is 8.66. The van der Waals surface area contributed by atoms with E-state index in [4.69, 9.17) is 9.47 Å². The Morgan fingerprint density at radius 1 is 1.44 bits per heavy atom. The van der Waals surface area contributed by atoms with E-state index in [2.05, 4.69) is 37.1 Å². The van der Waals surface area contributed by atoms with Crippen molar-refractivity contribution >= 4 is 0 Å². The number of methoxy groups -OCH3 is 1. The van der Waals surface area contributed by atoms with Crippen LogP contribution in [0.15, 0.2) is 30.4 Å². The molecule has 1 aromatic carbocycles. The number of rotatable bonds is 1. The van der Waals surface area contributed by atoms with E-state index in [0.717, 1.165) is 18.0 Å². The summed E-state index contributed by atoms with van der Waals surface area (Å²) in [5, 5.41) is 0. The lowest BCUT2D eigenvalue weighted by Gasteiger charge is -2.47. The number of fused-ring (bicyclic) bond motifs is 3. The van der Waals surface area contributed by atoms with E-state index in [1.165, 1.54) is 5.56 Å². The molecule has 0 unspecified atom stereocenters. The van der Waals surface area contributed by atoms with Gasteiger partial charge in [0.2, 0.25) is 0 Å². The van der Waals surface area contributed by atoms with Crippen LogP contribution in [0.1, 0.15) is 12.5 Å². The van der Waals surface area contributed by atoms with Gasteiger partial charge in [-0.2, -0.15) is 0 Å². The number of benzene rings is 1. The highest BCUT2D eigenvalue weighted by Gasteiger charge is 2.44. The minimum absolute atomic E-state index is 0.00905. The summed E-state index contributed by atoms with van der Waals surface area (Å²) in [6.07, 6.45) is 4.56. The van der Waals surface area contributed by atoms with E-state index in [1.807, 2.05) is 12.1 Å². The molecule has 0 amide bonds. The minimum Gasteiger partial charge on any atom is -0.493 e. The van der Waals surface area contributed by atoms with Crippen LogP contribution in [0.5, 0.6) is 11.5 Å². The zero-order valence-corrected chi connectivity index (χ0v) is 11.1. The molecule has 3 heteroatoms. The minimum atomic E-state index is 0.00905. The van der Waals surface area contributed by atoms with Gasteiger partial charge in [0.15, 0.2) is 11.5 Å². The van der Waals surface area contributed by atoms with Gasteiger partial charge in [-0.05, 0) is 13.1 Å². The van der Waals surface area contributed by atoms with E-state index in [-0.39, 0.29) is 5.41 Å². The zero-order valence-electron chi connectivity index (χ0n) is 11.1. The van der Waals surface area contributed by atoms with Gasteiger partial charge in [-0.15, -0.1) is 0 Å². The standard InChI is InChI=1S/C15H19NO2/c1-15-8-5-9-16(2)13(15)10-18-14-11(15)6-4-7-12(14)17-3/h4-8,13H,9-10H2,1-3H3/t13-,15-/m0/s1. The highest BCUT2D eigenvalue weighted by Crippen LogP contribution is 2.46. The highest BCUT2D eigenvalue weighted by atomic mass is 16.5. The fraction of sp³-hybridized carbons (Fsp3) is 0.467. The van der Waals surface area contributed by atoms with Crippen LogP contribution >= 0.6 is 0 Å². The molecule has 2 heterocycles. The van der Waals surface area contributed by atoms with Gasteiger partial charge in [0.05, 0.1) is 13.2 Å². The third kappa shape index (κ3) is 1.47. The molecule has 18 heavy (non-hydrogen) atoms. The van der Waals surface area contributed by atoms with E-state index in [1.54, 1.807) is 7.11 Å². The van der Waals surface area contributed by atoms with Crippen LogP contribution in [-0.2, 0) is 5.41 Å². The molecule has 3 nitrogen and oxygen atoms in total. The van der Waals surface area contributed by atoms with Crippen LogP contribution in [0.3, 0.4) is 0 Å². The molecule has 1 aromatic rings. The molecular formula is C15H19NO2. The molecule has 0 bridgehead atoms. The number of nitrogens with zero attached hydrogens (tertiary/aromatic N) is 1. The molecule has 0 aliphatic carbocycles. The number of hydrogen-bond donors (Lipinski definition) is 0. The van der Waals surface area contributed by atoms with Gasteiger partial charge >= 0.3 is 0 Å². The third-order valence-electron chi connectivity index (χ3n) is 4.25. The molecular weight excluding hydrogens is 226 g/mol. The largest absolute Gasteiger partial charge is 0.493 e. The maximum absolute atomic E-state index is 5.95. The predicted octanol–water partition coefficient (Wildman–Crippen LogP) is 2.22. The summed E-state index contributed by atoms with van der Waals surface area (Å²) in [7, 11) is 3.84. The Balaban J connectivity index is 2.17. The van der Waals surface area contributed by atoms with Crippen LogP contribution in [0.4, 0.5) is 0 Å². The van der Waals surface area contributed by atoms with Crippen molar-refractivity contribution in [1.82, 2.24) is 4.90 Å². The molecule has 0 fully saturated rings. The number of ether oxygens (including phenoxy) is 2. The smallest absolute Gasteiger partial charge is 0.165 e. The van der Waals surface area contributed by atoms with Gasteiger partial charge in [0, 0.05) is 17.5 Å². The summed E-state index contributed by atoms with van der Waals surface area (Å²) in [4.78, 5) is 2.35. The van der Waals surface area contributed by atoms with Crippen molar-refractivity contribution in [3.05, 3.63) is 35.9 Å². The van der Waals surface area contributed by atoms with Gasteiger partial charge in [-0.1, -0.05) is 31.2 Å². The average molecular weight is 245 g/mol. The molecule has 0 spiro atoms. The number of para-hydroxylation sites is 1. The van der Waals surface area contributed by atoms with E-state index < -0.39 is 0 Å². The normalized spacial score (nSPS) is 30.3. The van der Waals surface area contributed by atoms with Crippen LogP contribution in [0.2, 0.25) is 0 Å². The first kappa shape index (κ1) is 11.6. The highest BCUT2D eigenvalue weighted by molar-refractivity contribution is 5.54. The summed E-state index contributed by atoms with van der Waals surface area (Å²) < 4.78 is 11.4. The molecule has 0 N–H and O–H groups in total. The summed E-state index contributed by atoms with van der Waals surface area (Å²) in [6.45, 7) is 3.98. The Bertz CT molecular complexity index is 497. The summed E-state index contributed by atoms with van der Waals surface area (Å²) >= 11 is 0. The lowest BCUT2D eigenvalue weighted by atomic mass is 9.72. The second kappa shape index (κ2) is 4.02. The molecule has 0 saturated heterocycles. The van der Waals surface area contributed by atoms with Gasteiger partial charge in [0.25, 0.3) is 0 Å². The first-order valence-corrected chi connectivity index (χ1v) is 6.35. The lowest BCUT2D eigenvalue weighted by Crippen LogP contribution is -2.54. The maximum atomic E-state index is 5.95. The van der Waals surface area contributed by atoms with Crippen molar-refractivity contribution in [3.63, 3.8) is 0 Å².